The highest BCUT2D eigenvalue weighted by molar-refractivity contribution is 7.80. The minimum Gasteiger partial charge on any atom is -0.486 e. The number of likely N-dealkylation sites (N-methyl/N-ethyl adjacent to an activating group) is 1. The Morgan fingerprint density at radius 1 is 1.29 bits per heavy atom. The second-order valence-corrected chi connectivity index (χ2v) is 7.11. The first-order chi connectivity index (χ1) is 13.4. The molecule has 2 aromatic carbocycles. The fourth-order valence-corrected chi connectivity index (χ4v) is 3.67. The van der Waals surface area contributed by atoms with Crippen molar-refractivity contribution in [3.63, 3.8) is 0 Å². The molecule has 142 valence electrons. The summed E-state index contributed by atoms with van der Waals surface area (Å²) in [6.45, 7) is 2.49. The molecule has 1 fully saturated rings. The van der Waals surface area contributed by atoms with Gasteiger partial charge in [-0.15, -0.1) is 0 Å². The van der Waals surface area contributed by atoms with Crippen LogP contribution in [0, 0.1) is 11.3 Å². The van der Waals surface area contributed by atoms with Crippen LogP contribution in [0.2, 0.25) is 10.0 Å². The third-order valence-electron chi connectivity index (χ3n) is 4.12. The van der Waals surface area contributed by atoms with Crippen molar-refractivity contribution in [3.8, 4) is 11.8 Å². The summed E-state index contributed by atoms with van der Waals surface area (Å²) in [7, 11) is 0. The van der Waals surface area contributed by atoms with Crippen LogP contribution < -0.4 is 10.1 Å². The summed E-state index contributed by atoms with van der Waals surface area (Å²) in [6.07, 6.45) is 1.64. The molecule has 1 amide bonds. The van der Waals surface area contributed by atoms with E-state index in [1.807, 2.05) is 13.0 Å². The molecule has 28 heavy (non-hydrogen) atoms. The smallest absolute Gasteiger partial charge is 0.276 e. The number of ether oxygens (including phenoxy) is 1. The fraction of sp³-hybridized carbons (Fsp3) is 0.150. The van der Waals surface area contributed by atoms with Crippen LogP contribution in [0.3, 0.4) is 0 Å². The van der Waals surface area contributed by atoms with Crippen molar-refractivity contribution < 1.29 is 9.53 Å². The molecule has 8 heteroatoms. The number of halogens is 2. The first-order valence-corrected chi connectivity index (χ1v) is 9.55. The van der Waals surface area contributed by atoms with E-state index in [4.69, 9.17) is 45.4 Å². The first-order valence-electron chi connectivity index (χ1n) is 8.39. The first kappa shape index (κ1) is 20.2. The number of thiocarbonyl (C=S) groups is 1. The lowest BCUT2D eigenvalue weighted by Crippen LogP contribution is -2.30. The number of benzene rings is 2. The summed E-state index contributed by atoms with van der Waals surface area (Å²) < 4.78 is 5.75. The molecule has 0 aromatic heterocycles. The zero-order valence-electron chi connectivity index (χ0n) is 14.8. The van der Waals surface area contributed by atoms with E-state index in [1.165, 1.54) is 4.90 Å². The molecule has 1 saturated heterocycles. The largest absolute Gasteiger partial charge is 0.486 e. The predicted octanol–water partition coefficient (Wildman–Crippen LogP) is 4.52. The van der Waals surface area contributed by atoms with E-state index in [-0.39, 0.29) is 12.5 Å². The Morgan fingerprint density at radius 2 is 1.96 bits per heavy atom. The molecule has 1 aliphatic rings. The molecule has 0 atom stereocenters. The van der Waals surface area contributed by atoms with Gasteiger partial charge < -0.3 is 10.1 Å². The van der Waals surface area contributed by atoms with Gasteiger partial charge in [0.25, 0.3) is 5.91 Å². The van der Waals surface area contributed by atoms with Crippen molar-refractivity contribution in [2.75, 3.05) is 6.54 Å². The number of carbonyl (C=O) groups excluding carboxylic acids is 1. The lowest BCUT2D eigenvalue weighted by Gasteiger charge is -2.12. The third-order valence-corrected chi connectivity index (χ3v) is 5.00. The average Bonchev–Trinajstić information content (AvgIpc) is 2.94. The SMILES string of the molecule is CCN1C(=O)/C(=C/c2cc(Cl)c(OCc3ccccc3C#N)c(Cl)c2)NC1=S. The van der Waals surface area contributed by atoms with E-state index in [0.29, 0.717) is 44.3 Å². The molecule has 0 aliphatic carbocycles. The van der Waals surface area contributed by atoms with Crippen molar-refractivity contribution in [2.24, 2.45) is 0 Å². The van der Waals surface area contributed by atoms with Crippen molar-refractivity contribution in [3.05, 3.63) is 68.8 Å². The van der Waals surface area contributed by atoms with Gasteiger partial charge in [-0.25, -0.2) is 0 Å². The van der Waals surface area contributed by atoms with Crippen molar-refractivity contribution in [1.29, 1.82) is 5.26 Å². The minimum atomic E-state index is -0.201. The highest BCUT2D eigenvalue weighted by atomic mass is 35.5. The van der Waals surface area contributed by atoms with Crippen LogP contribution in [0.25, 0.3) is 6.08 Å². The summed E-state index contributed by atoms with van der Waals surface area (Å²) >= 11 is 17.8. The van der Waals surface area contributed by atoms with E-state index in [9.17, 15) is 4.79 Å². The maximum Gasteiger partial charge on any atom is 0.276 e. The van der Waals surface area contributed by atoms with E-state index < -0.39 is 0 Å². The summed E-state index contributed by atoms with van der Waals surface area (Å²) in [5.74, 6) is 0.114. The zero-order valence-corrected chi connectivity index (χ0v) is 17.2. The topological polar surface area (TPSA) is 65.4 Å². The van der Waals surface area contributed by atoms with Gasteiger partial charge in [0.15, 0.2) is 10.9 Å². The average molecular weight is 432 g/mol. The van der Waals surface area contributed by atoms with Gasteiger partial charge in [0, 0.05) is 12.1 Å². The highest BCUT2D eigenvalue weighted by Gasteiger charge is 2.29. The van der Waals surface area contributed by atoms with Gasteiger partial charge in [0.1, 0.15) is 12.3 Å². The normalized spacial score (nSPS) is 14.9. The Labute approximate surface area is 178 Å². The maximum atomic E-state index is 12.3. The van der Waals surface area contributed by atoms with Crippen LogP contribution in [0.1, 0.15) is 23.6 Å². The molecule has 1 N–H and O–H groups in total. The quantitative estimate of drug-likeness (QED) is 0.556. The molecular formula is C20H15Cl2N3O2S. The number of nitrogens with one attached hydrogen (secondary N) is 1. The molecule has 0 radical (unpaired) electrons. The number of rotatable bonds is 5. The van der Waals surface area contributed by atoms with Gasteiger partial charge in [0.05, 0.1) is 21.7 Å². The molecule has 2 aromatic rings. The predicted molar refractivity (Wildman–Crippen MR) is 113 cm³/mol. The maximum absolute atomic E-state index is 12.3. The second kappa shape index (κ2) is 8.61. The molecular weight excluding hydrogens is 417 g/mol. The Kier molecular flexibility index (Phi) is 6.20. The number of hydrogen-bond donors (Lipinski definition) is 1. The van der Waals surface area contributed by atoms with Crippen LogP contribution in [0.15, 0.2) is 42.1 Å². The van der Waals surface area contributed by atoms with Crippen LogP contribution in [0.5, 0.6) is 5.75 Å². The number of nitriles is 1. The number of nitrogens with zero attached hydrogens (tertiary/aromatic N) is 2. The molecule has 1 aliphatic heterocycles. The molecule has 0 saturated carbocycles. The number of amides is 1. The Hall–Kier alpha value is -2.59. The minimum absolute atomic E-state index is 0.156. The molecule has 5 nitrogen and oxygen atoms in total. The molecule has 0 unspecified atom stereocenters. The standard InChI is InChI=1S/C20H15Cl2N3O2S/c1-2-25-19(26)17(24-20(25)28)9-12-7-15(21)18(16(22)8-12)27-11-14-6-4-3-5-13(14)10-23/h3-9H,2,11H2,1H3,(H,24,28)/b17-9-. The van der Waals surface area contributed by atoms with Crippen LogP contribution in [-0.2, 0) is 11.4 Å². The van der Waals surface area contributed by atoms with E-state index >= 15 is 0 Å². The van der Waals surface area contributed by atoms with Crippen LogP contribution in [-0.4, -0.2) is 22.5 Å². The van der Waals surface area contributed by atoms with Crippen molar-refractivity contribution >= 4 is 52.5 Å². The third kappa shape index (κ3) is 4.12. The fourth-order valence-electron chi connectivity index (χ4n) is 2.73. The van der Waals surface area contributed by atoms with Gasteiger partial charge in [-0.3, -0.25) is 9.69 Å². The lowest BCUT2D eigenvalue weighted by atomic mass is 10.1. The van der Waals surface area contributed by atoms with Gasteiger partial charge in [-0.2, -0.15) is 5.26 Å². The molecule has 3 rings (SSSR count). The summed E-state index contributed by atoms with van der Waals surface area (Å²) in [5, 5.41) is 13.0. The van der Waals surface area contributed by atoms with Gasteiger partial charge in [-0.1, -0.05) is 41.4 Å². The van der Waals surface area contributed by atoms with Crippen molar-refractivity contribution in [1.82, 2.24) is 10.2 Å². The number of hydrogen-bond acceptors (Lipinski definition) is 4. The summed E-state index contributed by atoms with van der Waals surface area (Å²) in [6, 6.07) is 12.6. The van der Waals surface area contributed by atoms with Gasteiger partial charge >= 0.3 is 0 Å². The summed E-state index contributed by atoms with van der Waals surface area (Å²) in [4.78, 5) is 13.8. The lowest BCUT2D eigenvalue weighted by molar-refractivity contribution is -0.122. The van der Waals surface area contributed by atoms with E-state index in [1.54, 1.807) is 36.4 Å². The monoisotopic (exact) mass is 431 g/mol. The Balaban J connectivity index is 1.82. The van der Waals surface area contributed by atoms with E-state index in [0.717, 1.165) is 5.56 Å². The van der Waals surface area contributed by atoms with Crippen molar-refractivity contribution in [2.45, 2.75) is 13.5 Å². The van der Waals surface area contributed by atoms with Gasteiger partial charge in [-0.05, 0) is 49.0 Å². The van der Waals surface area contributed by atoms with E-state index in [2.05, 4.69) is 11.4 Å². The Morgan fingerprint density at radius 3 is 2.57 bits per heavy atom. The number of carbonyl (C=O) groups is 1. The van der Waals surface area contributed by atoms with Crippen LogP contribution in [0.4, 0.5) is 0 Å². The molecule has 1 heterocycles. The highest BCUT2D eigenvalue weighted by Crippen LogP contribution is 2.35. The molecule has 0 bridgehead atoms. The van der Waals surface area contributed by atoms with Crippen LogP contribution >= 0.6 is 35.4 Å². The zero-order chi connectivity index (χ0) is 20.3. The summed E-state index contributed by atoms with van der Waals surface area (Å²) in [5.41, 5.74) is 2.25. The Bertz CT molecular complexity index is 1010. The van der Waals surface area contributed by atoms with Gasteiger partial charge in [0.2, 0.25) is 0 Å². The molecule has 0 spiro atoms. The second-order valence-electron chi connectivity index (χ2n) is 5.91.